The third-order valence-corrected chi connectivity index (χ3v) is 3.19. The second-order valence-electron chi connectivity index (χ2n) is 4.62. The molecule has 0 aliphatic heterocycles. The fraction of sp³-hybridized carbons (Fsp3) is 0.133. The van der Waals surface area contributed by atoms with Crippen LogP contribution < -0.4 is 5.73 Å². The molecule has 0 radical (unpaired) electrons. The first-order valence-electron chi connectivity index (χ1n) is 6.10. The number of rotatable bonds is 2. The summed E-state index contributed by atoms with van der Waals surface area (Å²) in [6.45, 7) is 2.54. The summed E-state index contributed by atoms with van der Waals surface area (Å²) in [7, 11) is 0. The van der Waals surface area contributed by atoms with Crippen molar-refractivity contribution < 1.29 is 4.39 Å². The summed E-state index contributed by atoms with van der Waals surface area (Å²) < 4.78 is 15.3. The van der Waals surface area contributed by atoms with E-state index in [0.29, 0.717) is 12.2 Å². The Balaban J connectivity index is 2.07. The first-order chi connectivity index (χ1) is 9.13. The van der Waals surface area contributed by atoms with Gasteiger partial charge < -0.3 is 10.3 Å². The van der Waals surface area contributed by atoms with Gasteiger partial charge in [-0.1, -0.05) is 12.1 Å². The highest BCUT2D eigenvalue weighted by molar-refractivity contribution is 5.79. The first kappa shape index (κ1) is 11.7. The van der Waals surface area contributed by atoms with Gasteiger partial charge in [-0.2, -0.15) is 0 Å². The lowest BCUT2D eigenvalue weighted by Crippen LogP contribution is -2.02. The standard InChI is InChI=1S/C15H14FN3/c1-10-18-14-8-13(17)5-6-15(14)19(10)9-11-3-2-4-12(16)7-11/h2-8H,9,17H2,1H3. The van der Waals surface area contributed by atoms with E-state index in [1.54, 1.807) is 12.1 Å². The van der Waals surface area contributed by atoms with Crippen LogP contribution in [0.5, 0.6) is 0 Å². The maximum atomic E-state index is 13.2. The number of nitrogens with two attached hydrogens (primary N) is 1. The molecule has 19 heavy (non-hydrogen) atoms. The summed E-state index contributed by atoms with van der Waals surface area (Å²) in [5.41, 5.74) is 9.25. The number of fused-ring (bicyclic) bond motifs is 1. The Morgan fingerprint density at radius 1 is 1.21 bits per heavy atom. The normalized spacial score (nSPS) is 11.1. The van der Waals surface area contributed by atoms with Crippen LogP contribution in [0.3, 0.4) is 0 Å². The van der Waals surface area contributed by atoms with Crippen LogP contribution in [0.1, 0.15) is 11.4 Å². The van der Waals surface area contributed by atoms with Crippen molar-refractivity contribution in [2.75, 3.05) is 5.73 Å². The third-order valence-electron chi connectivity index (χ3n) is 3.19. The van der Waals surface area contributed by atoms with Crippen LogP contribution in [-0.4, -0.2) is 9.55 Å². The van der Waals surface area contributed by atoms with Crippen LogP contribution in [0.25, 0.3) is 11.0 Å². The minimum atomic E-state index is -0.219. The van der Waals surface area contributed by atoms with Crippen LogP contribution in [0.15, 0.2) is 42.5 Å². The number of imidazole rings is 1. The molecule has 0 aliphatic rings. The molecule has 0 spiro atoms. The molecule has 2 aromatic carbocycles. The second-order valence-corrected chi connectivity index (χ2v) is 4.62. The second kappa shape index (κ2) is 4.39. The monoisotopic (exact) mass is 255 g/mol. The van der Waals surface area contributed by atoms with E-state index >= 15 is 0 Å². The molecule has 1 heterocycles. The lowest BCUT2D eigenvalue weighted by Gasteiger charge is -2.07. The topological polar surface area (TPSA) is 43.8 Å². The molecule has 0 atom stereocenters. The molecule has 0 bridgehead atoms. The molecule has 0 aliphatic carbocycles. The number of nitrogens with zero attached hydrogens (tertiary/aromatic N) is 2. The van der Waals surface area contributed by atoms with Gasteiger partial charge in [0.15, 0.2) is 0 Å². The molecule has 0 unspecified atom stereocenters. The zero-order chi connectivity index (χ0) is 13.4. The molecule has 0 saturated carbocycles. The molecule has 0 saturated heterocycles. The van der Waals surface area contributed by atoms with Crippen molar-refractivity contribution in [2.24, 2.45) is 0 Å². The molecule has 96 valence electrons. The van der Waals surface area contributed by atoms with Gasteiger partial charge in [-0.05, 0) is 42.8 Å². The molecular weight excluding hydrogens is 241 g/mol. The predicted octanol–water partition coefficient (Wildman–Crippen LogP) is 3.11. The maximum Gasteiger partial charge on any atom is 0.123 e. The van der Waals surface area contributed by atoms with Gasteiger partial charge >= 0.3 is 0 Å². The summed E-state index contributed by atoms with van der Waals surface area (Å²) >= 11 is 0. The van der Waals surface area contributed by atoms with E-state index in [1.807, 2.05) is 31.2 Å². The fourth-order valence-corrected chi connectivity index (χ4v) is 2.28. The van der Waals surface area contributed by atoms with Gasteiger partial charge in [0.25, 0.3) is 0 Å². The molecule has 1 aromatic heterocycles. The zero-order valence-electron chi connectivity index (χ0n) is 10.6. The number of hydrogen-bond donors (Lipinski definition) is 1. The van der Waals surface area contributed by atoms with Crippen molar-refractivity contribution in [3.05, 3.63) is 59.7 Å². The third kappa shape index (κ3) is 2.17. The van der Waals surface area contributed by atoms with Crippen LogP contribution in [0, 0.1) is 12.7 Å². The molecule has 2 N–H and O–H groups in total. The Morgan fingerprint density at radius 2 is 2.05 bits per heavy atom. The Bertz CT molecular complexity index is 746. The van der Waals surface area contributed by atoms with Crippen molar-refractivity contribution in [2.45, 2.75) is 13.5 Å². The summed E-state index contributed by atoms with van der Waals surface area (Å²) in [5.74, 6) is 0.675. The van der Waals surface area contributed by atoms with E-state index in [2.05, 4.69) is 9.55 Å². The average Bonchev–Trinajstić information content (AvgIpc) is 2.65. The van der Waals surface area contributed by atoms with Gasteiger partial charge in [-0.15, -0.1) is 0 Å². The van der Waals surface area contributed by atoms with Gasteiger partial charge in [0.1, 0.15) is 11.6 Å². The highest BCUT2D eigenvalue weighted by Gasteiger charge is 2.08. The maximum absolute atomic E-state index is 13.2. The Labute approximate surface area is 110 Å². The van der Waals surface area contributed by atoms with Gasteiger partial charge in [-0.3, -0.25) is 0 Å². The Hall–Kier alpha value is -2.36. The van der Waals surface area contributed by atoms with Crippen LogP contribution in [0.2, 0.25) is 0 Å². The van der Waals surface area contributed by atoms with Crippen molar-refractivity contribution in [3.8, 4) is 0 Å². The zero-order valence-corrected chi connectivity index (χ0v) is 10.6. The summed E-state index contributed by atoms with van der Waals surface area (Å²) in [6, 6.07) is 12.3. The minimum absolute atomic E-state index is 0.219. The molecule has 3 rings (SSSR count). The SMILES string of the molecule is Cc1nc2cc(N)ccc2n1Cc1cccc(F)c1. The molecule has 4 heteroatoms. The number of nitrogen functional groups attached to an aromatic ring is 1. The number of aromatic nitrogens is 2. The number of hydrogen-bond acceptors (Lipinski definition) is 2. The van der Waals surface area contributed by atoms with Gasteiger partial charge in [0, 0.05) is 12.2 Å². The van der Waals surface area contributed by atoms with Crippen molar-refractivity contribution in [1.29, 1.82) is 0 Å². The van der Waals surface area contributed by atoms with E-state index in [4.69, 9.17) is 5.73 Å². The summed E-state index contributed by atoms with van der Waals surface area (Å²) in [6.07, 6.45) is 0. The molecule has 3 nitrogen and oxygen atoms in total. The van der Waals surface area contributed by atoms with E-state index in [-0.39, 0.29) is 5.82 Å². The number of benzene rings is 2. The van der Waals surface area contributed by atoms with E-state index < -0.39 is 0 Å². The first-order valence-corrected chi connectivity index (χ1v) is 6.10. The Kier molecular flexibility index (Phi) is 2.71. The minimum Gasteiger partial charge on any atom is -0.399 e. The highest BCUT2D eigenvalue weighted by atomic mass is 19.1. The molecule has 3 aromatic rings. The largest absolute Gasteiger partial charge is 0.399 e. The van der Waals surface area contributed by atoms with E-state index in [1.165, 1.54) is 6.07 Å². The van der Waals surface area contributed by atoms with E-state index in [9.17, 15) is 4.39 Å². The lowest BCUT2D eigenvalue weighted by molar-refractivity contribution is 0.623. The quantitative estimate of drug-likeness (QED) is 0.715. The number of halogens is 1. The van der Waals surface area contributed by atoms with Crippen molar-refractivity contribution in [1.82, 2.24) is 9.55 Å². The van der Waals surface area contributed by atoms with Crippen LogP contribution in [0.4, 0.5) is 10.1 Å². The van der Waals surface area contributed by atoms with Gasteiger partial charge in [-0.25, -0.2) is 9.37 Å². The van der Waals surface area contributed by atoms with Crippen molar-refractivity contribution in [3.63, 3.8) is 0 Å². The van der Waals surface area contributed by atoms with Gasteiger partial charge in [0.05, 0.1) is 11.0 Å². The summed E-state index contributed by atoms with van der Waals surface area (Å²) in [5, 5.41) is 0. The average molecular weight is 255 g/mol. The number of aryl methyl sites for hydroxylation is 1. The number of anilines is 1. The van der Waals surface area contributed by atoms with Gasteiger partial charge in [0.2, 0.25) is 0 Å². The van der Waals surface area contributed by atoms with E-state index in [0.717, 1.165) is 22.4 Å². The Morgan fingerprint density at radius 3 is 2.84 bits per heavy atom. The van der Waals surface area contributed by atoms with Crippen LogP contribution >= 0.6 is 0 Å². The smallest absolute Gasteiger partial charge is 0.123 e. The predicted molar refractivity (Wildman–Crippen MR) is 74.4 cm³/mol. The summed E-state index contributed by atoms with van der Waals surface area (Å²) in [4.78, 5) is 4.48. The lowest BCUT2D eigenvalue weighted by atomic mass is 10.2. The fourth-order valence-electron chi connectivity index (χ4n) is 2.28. The molecule has 0 amide bonds. The van der Waals surface area contributed by atoms with Crippen LogP contribution in [-0.2, 0) is 6.54 Å². The molecule has 0 fully saturated rings. The van der Waals surface area contributed by atoms with Crippen molar-refractivity contribution >= 4 is 16.7 Å². The molecular formula is C15H14FN3. The highest BCUT2D eigenvalue weighted by Crippen LogP contribution is 2.20.